The van der Waals surface area contributed by atoms with E-state index < -0.39 is 14.9 Å². The first-order valence-corrected chi connectivity index (χ1v) is 10.8. The Morgan fingerprint density at radius 2 is 1.75 bits per heavy atom. The maximum Gasteiger partial charge on any atom is 0.293 e. The first-order chi connectivity index (χ1) is 13.3. The van der Waals surface area contributed by atoms with Gasteiger partial charge in [0.25, 0.3) is 5.69 Å². The molecular weight excluding hydrogens is 386 g/mol. The molecule has 10 heteroatoms. The van der Waals surface area contributed by atoms with E-state index in [1.54, 1.807) is 19.1 Å². The molecule has 1 saturated heterocycles. The fraction of sp³-hybridized carbons (Fsp3) is 0.667. The summed E-state index contributed by atoms with van der Waals surface area (Å²) in [4.78, 5) is 12.9. The number of nitro benzene ring substituents is 1. The Bertz CT molecular complexity index is 755. The third kappa shape index (κ3) is 5.40. The Balaban J connectivity index is 2.36. The number of nitro groups is 1. The first kappa shape index (κ1) is 22.5. The highest BCUT2D eigenvalue weighted by atomic mass is 32.2. The number of hydrogen-bond acceptors (Lipinski definition) is 7. The van der Waals surface area contributed by atoms with Crippen molar-refractivity contribution in [3.05, 3.63) is 28.3 Å². The molecule has 0 amide bonds. The molecule has 0 spiro atoms. The minimum absolute atomic E-state index is 0.0454. The zero-order chi connectivity index (χ0) is 20.7. The van der Waals surface area contributed by atoms with Crippen molar-refractivity contribution in [1.82, 2.24) is 4.31 Å². The van der Waals surface area contributed by atoms with E-state index in [1.165, 1.54) is 16.4 Å². The smallest absolute Gasteiger partial charge is 0.293 e. The predicted molar refractivity (Wildman–Crippen MR) is 106 cm³/mol. The number of anilines is 1. The second-order valence-electron chi connectivity index (χ2n) is 6.97. The summed E-state index contributed by atoms with van der Waals surface area (Å²) in [6.45, 7) is 4.59. The van der Waals surface area contributed by atoms with Crippen molar-refractivity contribution >= 4 is 21.4 Å². The fourth-order valence-corrected chi connectivity index (χ4v) is 4.70. The molecule has 0 radical (unpaired) electrons. The lowest BCUT2D eigenvalue weighted by Crippen LogP contribution is -2.38. The Morgan fingerprint density at radius 1 is 1.18 bits per heavy atom. The van der Waals surface area contributed by atoms with Gasteiger partial charge in [-0.15, -0.1) is 0 Å². The van der Waals surface area contributed by atoms with E-state index in [4.69, 9.17) is 9.47 Å². The van der Waals surface area contributed by atoms with Crippen LogP contribution in [0, 0.1) is 16.0 Å². The van der Waals surface area contributed by atoms with Crippen LogP contribution in [-0.4, -0.2) is 71.3 Å². The van der Waals surface area contributed by atoms with Crippen LogP contribution in [0.1, 0.15) is 19.8 Å². The number of benzene rings is 1. The lowest BCUT2D eigenvalue weighted by atomic mass is 10.0. The Labute approximate surface area is 166 Å². The molecule has 1 fully saturated rings. The molecule has 9 nitrogen and oxygen atoms in total. The summed E-state index contributed by atoms with van der Waals surface area (Å²) in [6, 6.07) is 4.11. The zero-order valence-electron chi connectivity index (χ0n) is 16.7. The van der Waals surface area contributed by atoms with Crippen LogP contribution in [-0.2, 0) is 19.5 Å². The Morgan fingerprint density at radius 3 is 2.25 bits per heavy atom. The van der Waals surface area contributed by atoms with Crippen LogP contribution in [0.25, 0.3) is 0 Å². The van der Waals surface area contributed by atoms with Gasteiger partial charge in [0.15, 0.2) is 0 Å². The summed E-state index contributed by atoms with van der Waals surface area (Å²) in [7, 11) is -0.650. The van der Waals surface area contributed by atoms with Crippen LogP contribution in [0.2, 0.25) is 0 Å². The molecule has 2 rings (SSSR count). The van der Waals surface area contributed by atoms with E-state index in [9.17, 15) is 18.5 Å². The van der Waals surface area contributed by atoms with Crippen LogP contribution >= 0.6 is 0 Å². The molecule has 1 heterocycles. The predicted octanol–water partition coefficient (Wildman–Crippen LogP) is 2.11. The van der Waals surface area contributed by atoms with Gasteiger partial charge in [0.2, 0.25) is 10.0 Å². The van der Waals surface area contributed by atoms with Gasteiger partial charge in [-0.25, -0.2) is 8.42 Å². The standard InChI is InChI=1S/C18H29N3O6S/c1-15-6-8-20(9-7-15)28(24,25)16-4-5-17(18(14-16)21(22)23)19(10-12-26-2)11-13-27-3/h4-5,14-15H,6-13H2,1-3H3. The number of methoxy groups -OCH3 is 2. The largest absolute Gasteiger partial charge is 0.383 e. The van der Waals surface area contributed by atoms with Crippen molar-refractivity contribution in [1.29, 1.82) is 0 Å². The molecule has 1 aliphatic rings. The summed E-state index contributed by atoms with van der Waals surface area (Å²) in [6.07, 6.45) is 1.59. The van der Waals surface area contributed by atoms with Crippen LogP contribution in [0.4, 0.5) is 11.4 Å². The maximum absolute atomic E-state index is 12.9. The summed E-state index contributed by atoms with van der Waals surface area (Å²) < 4.78 is 37.5. The van der Waals surface area contributed by atoms with Gasteiger partial charge in [-0.1, -0.05) is 6.92 Å². The van der Waals surface area contributed by atoms with Crippen LogP contribution in [0.5, 0.6) is 0 Å². The molecule has 0 atom stereocenters. The van der Waals surface area contributed by atoms with Gasteiger partial charge in [0.05, 0.1) is 23.0 Å². The van der Waals surface area contributed by atoms with Crippen LogP contribution in [0.3, 0.4) is 0 Å². The molecule has 158 valence electrons. The van der Waals surface area contributed by atoms with Gasteiger partial charge in [0.1, 0.15) is 5.69 Å². The molecular formula is C18H29N3O6S. The third-order valence-corrected chi connectivity index (χ3v) is 6.89. The molecule has 0 N–H and O–H groups in total. The average Bonchev–Trinajstić information content (AvgIpc) is 2.68. The lowest BCUT2D eigenvalue weighted by molar-refractivity contribution is -0.384. The second kappa shape index (κ2) is 10.1. The third-order valence-electron chi connectivity index (χ3n) is 5.00. The number of sulfonamides is 1. The molecule has 28 heavy (non-hydrogen) atoms. The highest BCUT2D eigenvalue weighted by Crippen LogP contribution is 2.32. The lowest BCUT2D eigenvalue weighted by Gasteiger charge is -2.29. The molecule has 1 aliphatic heterocycles. The first-order valence-electron chi connectivity index (χ1n) is 9.32. The van der Waals surface area contributed by atoms with Gasteiger partial charge < -0.3 is 14.4 Å². The number of ether oxygens (including phenoxy) is 2. The Hall–Kier alpha value is -1.75. The summed E-state index contributed by atoms with van der Waals surface area (Å²) in [5.41, 5.74) is 0.115. The van der Waals surface area contributed by atoms with E-state index in [2.05, 4.69) is 6.92 Å². The minimum atomic E-state index is -3.76. The van der Waals surface area contributed by atoms with E-state index >= 15 is 0 Å². The van der Waals surface area contributed by atoms with E-state index in [0.29, 0.717) is 51.0 Å². The summed E-state index contributed by atoms with van der Waals surface area (Å²) in [5, 5.41) is 11.7. The van der Waals surface area contributed by atoms with Gasteiger partial charge in [-0.3, -0.25) is 10.1 Å². The normalized spacial score (nSPS) is 16.2. The monoisotopic (exact) mass is 415 g/mol. The van der Waals surface area contributed by atoms with Crippen LogP contribution < -0.4 is 4.90 Å². The van der Waals surface area contributed by atoms with Crippen LogP contribution in [0.15, 0.2) is 23.1 Å². The Kier molecular flexibility index (Phi) is 8.17. The van der Waals surface area contributed by atoms with Crippen molar-refractivity contribution in [2.45, 2.75) is 24.7 Å². The highest BCUT2D eigenvalue weighted by molar-refractivity contribution is 7.89. The molecule has 1 aromatic rings. The van der Waals surface area contributed by atoms with Crippen molar-refractivity contribution in [3.63, 3.8) is 0 Å². The zero-order valence-corrected chi connectivity index (χ0v) is 17.5. The van der Waals surface area contributed by atoms with Crippen molar-refractivity contribution in [3.8, 4) is 0 Å². The van der Waals surface area contributed by atoms with Gasteiger partial charge in [-0.05, 0) is 30.9 Å². The van der Waals surface area contributed by atoms with Crippen molar-refractivity contribution in [2.75, 3.05) is 58.5 Å². The topological polar surface area (TPSA) is 102 Å². The molecule has 0 unspecified atom stereocenters. The fourth-order valence-electron chi connectivity index (χ4n) is 3.21. The number of hydrogen-bond donors (Lipinski definition) is 0. The SMILES string of the molecule is COCCN(CCOC)c1ccc(S(=O)(=O)N2CCC(C)CC2)cc1[N+](=O)[O-]. The molecule has 0 saturated carbocycles. The van der Waals surface area contributed by atoms with Crippen molar-refractivity contribution in [2.24, 2.45) is 5.92 Å². The average molecular weight is 416 g/mol. The maximum atomic E-state index is 12.9. The molecule has 0 aliphatic carbocycles. The number of piperidine rings is 1. The van der Waals surface area contributed by atoms with Gasteiger partial charge >= 0.3 is 0 Å². The van der Waals surface area contributed by atoms with E-state index in [0.717, 1.165) is 18.9 Å². The van der Waals surface area contributed by atoms with E-state index in [1.807, 2.05) is 0 Å². The van der Waals surface area contributed by atoms with Crippen molar-refractivity contribution < 1.29 is 22.8 Å². The summed E-state index contributed by atoms with van der Waals surface area (Å²) in [5.74, 6) is 0.485. The molecule has 0 bridgehead atoms. The van der Waals surface area contributed by atoms with E-state index in [-0.39, 0.29) is 10.6 Å². The second-order valence-corrected chi connectivity index (χ2v) is 8.90. The summed E-state index contributed by atoms with van der Waals surface area (Å²) >= 11 is 0. The van der Waals surface area contributed by atoms with Gasteiger partial charge in [-0.2, -0.15) is 4.31 Å². The number of rotatable bonds is 10. The molecule has 0 aromatic heterocycles. The molecule has 1 aromatic carbocycles. The highest BCUT2D eigenvalue weighted by Gasteiger charge is 2.30. The number of nitrogens with zero attached hydrogens (tertiary/aromatic N) is 3. The minimum Gasteiger partial charge on any atom is -0.383 e. The van der Waals surface area contributed by atoms with Gasteiger partial charge in [0, 0.05) is 46.5 Å². The quantitative estimate of drug-likeness (QED) is 0.426.